The van der Waals surface area contributed by atoms with Gasteiger partial charge in [-0.1, -0.05) is 47.0 Å². The lowest BCUT2D eigenvalue weighted by molar-refractivity contribution is 0.540. The van der Waals surface area contributed by atoms with Crippen LogP contribution < -0.4 is 5.32 Å². The number of halogens is 2. The minimum Gasteiger partial charge on any atom is -0.323 e. The van der Waals surface area contributed by atoms with Gasteiger partial charge in [0.1, 0.15) is 11.9 Å². The van der Waals surface area contributed by atoms with E-state index in [2.05, 4.69) is 20.8 Å². The third-order valence-corrected chi connectivity index (χ3v) is 3.96. The number of nitrogens with zero attached hydrogens (tertiary/aromatic N) is 4. The van der Waals surface area contributed by atoms with Crippen LogP contribution in [-0.2, 0) is 0 Å². The van der Waals surface area contributed by atoms with Crippen LogP contribution in [0.15, 0.2) is 54.6 Å². The second kappa shape index (κ2) is 5.48. The molecule has 4 rings (SSSR count). The van der Waals surface area contributed by atoms with Crippen LogP contribution in [0.25, 0.3) is 5.70 Å². The Morgan fingerprint density at radius 3 is 2.65 bits per heavy atom. The van der Waals surface area contributed by atoms with Gasteiger partial charge in [-0.15, -0.1) is 0 Å². The molecule has 0 unspecified atom stereocenters. The van der Waals surface area contributed by atoms with E-state index in [1.54, 1.807) is 35.0 Å². The smallest absolute Gasteiger partial charge is 0.248 e. The first-order valence-electron chi connectivity index (χ1n) is 6.99. The summed E-state index contributed by atoms with van der Waals surface area (Å²) in [5.41, 5.74) is 2.23. The lowest BCUT2D eigenvalue weighted by Crippen LogP contribution is -2.21. The van der Waals surface area contributed by atoms with Crippen molar-refractivity contribution in [2.75, 3.05) is 5.32 Å². The van der Waals surface area contributed by atoms with E-state index >= 15 is 0 Å². The third kappa shape index (κ3) is 2.47. The molecule has 0 saturated heterocycles. The summed E-state index contributed by atoms with van der Waals surface area (Å²) in [7, 11) is 0. The zero-order valence-corrected chi connectivity index (χ0v) is 12.6. The molecule has 1 aliphatic heterocycles. The number of nitrogens with one attached hydrogen (secondary N) is 1. The fraction of sp³-hybridized carbons (Fsp3) is 0.0625. The van der Waals surface area contributed by atoms with Crippen LogP contribution in [0.2, 0.25) is 5.02 Å². The zero-order valence-electron chi connectivity index (χ0n) is 11.8. The van der Waals surface area contributed by atoms with Gasteiger partial charge < -0.3 is 5.32 Å². The molecular weight excluding hydrogens is 317 g/mol. The highest BCUT2D eigenvalue weighted by Gasteiger charge is 2.26. The molecule has 1 aliphatic rings. The molecule has 2 heterocycles. The number of hydrogen-bond donors (Lipinski definition) is 1. The molecule has 0 aliphatic carbocycles. The Morgan fingerprint density at radius 2 is 1.87 bits per heavy atom. The molecule has 2 aromatic carbocycles. The monoisotopic (exact) mass is 327 g/mol. The van der Waals surface area contributed by atoms with Crippen molar-refractivity contribution in [2.45, 2.75) is 6.04 Å². The van der Waals surface area contributed by atoms with Crippen LogP contribution in [0.4, 0.5) is 10.3 Å². The van der Waals surface area contributed by atoms with E-state index in [1.807, 2.05) is 18.2 Å². The average molecular weight is 328 g/mol. The number of tetrazole rings is 1. The summed E-state index contributed by atoms with van der Waals surface area (Å²) in [5, 5.41) is 15.4. The summed E-state index contributed by atoms with van der Waals surface area (Å²) in [6.07, 6.45) is 1.89. The standard InChI is InChI=1S/C16H11ClFN5/c17-11-7-5-10(6-8-11)14-9-15(12-3-1-2-4-13(12)18)23-16(19-14)20-21-22-23/h1-9,15H,(H,19,20,22)/t15-/m0/s1. The Hall–Kier alpha value is -2.73. The van der Waals surface area contributed by atoms with Crippen LogP contribution in [0.3, 0.4) is 0 Å². The van der Waals surface area contributed by atoms with Gasteiger partial charge in [0, 0.05) is 16.3 Å². The summed E-state index contributed by atoms with van der Waals surface area (Å²) in [5.74, 6) is 0.165. The summed E-state index contributed by atoms with van der Waals surface area (Å²) >= 11 is 5.93. The van der Waals surface area contributed by atoms with Crippen LogP contribution in [-0.4, -0.2) is 20.2 Å². The van der Waals surface area contributed by atoms with E-state index in [0.29, 0.717) is 16.5 Å². The molecule has 0 fully saturated rings. The topological polar surface area (TPSA) is 55.6 Å². The molecule has 5 nitrogen and oxygen atoms in total. The van der Waals surface area contributed by atoms with Crippen LogP contribution in [0.5, 0.6) is 0 Å². The Bertz CT molecular complexity index is 887. The van der Waals surface area contributed by atoms with Crippen molar-refractivity contribution >= 4 is 23.2 Å². The van der Waals surface area contributed by atoms with Gasteiger partial charge in [0.25, 0.3) is 0 Å². The highest BCUT2D eigenvalue weighted by atomic mass is 35.5. The maximum absolute atomic E-state index is 14.2. The van der Waals surface area contributed by atoms with Gasteiger partial charge in [-0.2, -0.15) is 4.68 Å². The summed E-state index contributed by atoms with van der Waals surface area (Å²) < 4.78 is 15.8. The predicted molar refractivity (Wildman–Crippen MR) is 85.4 cm³/mol. The SMILES string of the molecule is Fc1ccccc1[C@@H]1C=C(c2ccc(Cl)cc2)Nc2nnnn21. The number of fused-ring (bicyclic) bond motifs is 1. The van der Waals surface area contributed by atoms with E-state index in [4.69, 9.17) is 11.6 Å². The van der Waals surface area contributed by atoms with Crippen LogP contribution in [0.1, 0.15) is 17.2 Å². The number of benzene rings is 2. The van der Waals surface area contributed by atoms with Crippen LogP contribution in [0, 0.1) is 5.82 Å². The zero-order chi connectivity index (χ0) is 15.8. The number of hydrogen-bond acceptors (Lipinski definition) is 4. The fourth-order valence-electron chi connectivity index (χ4n) is 2.59. The largest absolute Gasteiger partial charge is 0.323 e. The van der Waals surface area contributed by atoms with Gasteiger partial charge in [0.15, 0.2) is 0 Å². The second-order valence-electron chi connectivity index (χ2n) is 5.13. The Morgan fingerprint density at radius 1 is 1.09 bits per heavy atom. The van der Waals surface area contributed by atoms with Gasteiger partial charge in [0.2, 0.25) is 5.95 Å². The van der Waals surface area contributed by atoms with Crippen molar-refractivity contribution in [1.29, 1.82) is 0 Å². The van der Waals surface area contributed by atoms with Crippen molar-refractivity contribution in [3.8, 4) is 0 Å². The molecule has 114 valence electrons. The van der Waals surface area contributed by atoms with E-state index in [-0.39, 0.29) is 5.82 Å². The maximum Gasteiger partial charge on any atom is 0.248 e. The second-order valence-corrected chi connectivity index (χ2v) is 5.56. The predicted octanol–water partition coefficient (Wildman–Crippen LogP) is 3.52. The molecule has 23 heavy (non-hydrogen) atoms. The average Bonchev–Trinajstić information content (AvgIpc) is 3.04. The Kier molecular flexibility index (Phi) is 3.31. The van der Waals surface area contributed by atoms with Crippen molar-refractivity contribution in [3.05, 3.63) is 76.6 Å². The number of anilines is 1. The van der Waals surface area contributed by atoms with E-state index in [1.165, 1.54) is 6.07 Å². The lowest BCUT2D eigenvalue weighted by Gasteiger charge is -2.23. The molecule has 3 aromatic rings. The molecule has 0 amide bonds. The highest BCUT2D eigenvalue weighted by Crippen LogP contribution is 2.32. The fourth-order valence-corrected chi connectivity index (χ4v) is 2.71. The molecule has 0 bridgehead atoms. The summed E-state index contributed by atoms with van der Waals surface area (Å²) in [6, 6.07) is 13.6. The Balaban J connectivity index is 1.83. The molecule has 1 aromatic heterocycles. The molecule has 7 heteroatoms. The number of allylic oxidation sites excluding steroid dienone is 1. The molecular formula is C16H11ClFN5. The first kappa shape index (κ1) is 13.9. The highest BCUT2D eigenvalue weighted by molar-refractivity contribution is 6.30. The Labute approximate surface area is 136 Å². The van der Waals surface area contributed by atoms with Crippen molar-refractivity contribution in [3.63, 3.8) is 0 Å². The molecule has 0 radical (unpaired) electrons. The van der Waals surface area contributed by atoms with Crippen LogP contribution >= 0.6 is 11.6 Å². The molecule has 1 atom stereocenters. The lowest BCUT2D eigenvalue weighted by atomic mass is 10.0. The minimum atomic E-state index is -0.423. The van der Waals surface area contributed by atoms with E-state index in [9.17, 15) is 4.39 Å². The number of aromatic nitrogens is 4. The molecule has 0 spiro atoms. The van der Waals surface area contributed by atoms with Gasteiger partial charge in [-0.05, 0) is 40.3 Å². The normalized spacial score (nSPS) is 16.4. The first-order chi connectivity index (χ1) is 11.2. The van der Waals surface area contributed by atoms with Gasteiger partial charge in [-0.25, -0.2) is 4.39 Å². The van der Waals surface area contributed by atoms with Gasteiger partial charge in [0.05, 0.1) is 0 Å². The van der Waals surface area contributed by atoms with Crippen molar-refractivity contribution in [2.24, 2.45) is 0 Å². The van der Waals surface area contributed by atoms with Gasteiger partial charge in [-0.3, -0.25) is 0 Å². The van der Waals surface area contributed by atoms with Gasteiger partial charge >= 0.3 is 0 Å². The van der Waals surface area contributed by atoms with E-state index < -0.39 is 6.04 Å². The molecule has 0 saturated carbocycles. The third-order valence-electron chi connectivity index (χ3n) is 3.71. The molecule has 1 N–H and O–H groups in total. The summed E-state index contributed by atoms with van der Waals surface area (Å²) in [6.45, 7) is 0. The first-order valence-corrected chi connectivity index (χ1v) is 7.37. The quantitative estimate of drug-likeness (QED) is 0.782. The maximum atomic E-state index is 14.2. The van der Waals surface area contributed by atoms with E-state index in [0.717, 1.165) is 11.3 Å². The van der Waals surface area contributed by atoms with Crippen molar-refractivity contribution in [1.82, 2.24) is 20.2 Å². The number of rotatable bonds is 2. The van der Waals surface area contributed by atoms with Crippen molar-refractivity contribution < 1.29 is 4.39 Å². The minimum absolute atomic E-state index is 0.299. The summed E-state index contributed by atoms with van der Waals surface area (Å²) in [4.78, 5) is 0.